The van der Waals surface area contributed by atoms with Crippen LogP contribution in [0.3, 0.4) is 0 Å². The number of nitrogens with zero attached hydrogens (tertiary/aromatic N) is 2. The minimum absolute atomic E-state index is 0.0846. The summed E-state index contributed by atoms with van der Waals surface area (Å²) in [6.45, 7) is 5.30. The maximum absolute atomic E-state index is 14.9. The molecule has 0 saturated carbocycles. The SMILES string of the molecule is COc1ccccc1Cc1ccc(F)c([C@@]2(C)N=C(N)N(C)C(=O)C2(C)C)c1. The van der Waals surface area contributed by atoms with E-state index in [0.29, 0.717) is 12.0 Å². The van der Waals surface area contributed by atoms with Gasteiger partial charge in [-0.15, -0.1) is 0 Å². The normalized spacial score (nSPS) is 21.4. The summed E-state index contributed by atoms with van der Waals surface area (Å²) in [4.78, 5) is 18.7. The van der Waals surface area contributed by atoms with Crippen molar-refractivity contribution in [1.82, 2.24) is 4.90 Å². The number of rotatable bonds is 4. The second kappa shape index (κ2) is 6.93. The van der Waals surface area contributed by atoms with Crippen LogP contribution in [0.2, 0.25) is 0 Å². The number of methoxy groups -OCH3 is 1. The van der Waals surface area contributed by atoms with Gasteiger partial charge in [-0.3, -0.25) is 9.69 Å². The van der Waals surface area contributed by atoms with Crippen molar-refractivity contribution in [1.29, 1.82) is 0 Å². The van der Waals surface area contributed by atoms with Crippen LogP contribution in [0.25, 0.3) is 0 Å². The zero-order chi connectivity index (χ0) is 20.7. The third kappa shape index (κ3) is 3.03. The van der Waals surface area contributed by atoms with Crippen molar-refractivity contribution in [2.75, 3.05) is 14.2 Å². The number of benzene rings is 2. The van der Waals surface area contributed by atoms with Crippen LogP contribution in [0.1, 0.15) is 37.5 Å². The van der Waals surface area contributed by atoms with E-state index in [2.05, 4.69) is 4.99 Å². The summed E-state index contributed by atoms with van der Waals surface area (Å²) in [6, 6.07) is 12.7. The number of hydrogen-bond acceptors (Lipinski definition) is 4. The van der Waals surface area contributed by atoms with Gasteiger partial charge < -0.3 is 10.5 Å². The molecule has 148 valence electrons. The Morgan fingerprint density at radius 1 is 1.18 bits per heavy atom. The Morgan fingerprint density at radius 2 is 1.86 bits per heavy atom. The average Bonchev–Trinajstić information content (AvgIpc) is 2.67. The van der Waals surface area contributed by atoms with Crippen LogP contribution in [-0.2, 0) is 16.8 Å². The Hall–Kier alpha value is -2.89. The summed E-state index contributed by atoms with van der Waals surface area (Å²) in [5.41, 5.74) is 6.13. The van der Waals surface area contributed by atoms with Gasteiger partial charge in [0.1, 0.15) is 17.1 Å². The quantitative estimate of drug-likeness (QED) is 0.879. The lowest BCUT2D eigenvalue weighted by molar-refractivity contribution is -0.140. The van der Waals surface area contributed by atoms with Crippen molar-refractivity contribution in [3.63, 3.8) is 0 Å². The molecule has 0 unspecified atom stereocenters. The molecule has 2 N–H and O–H groups in total. The number of aliphatic imine (C=N–C) groups is 1. The zero-order valence-corrected chi connectivity index (χ0v) is 16.9. The maximum atomic E-state index is 14.9. The molecule has 28 heavy (non-hydrogen) atoms. The van der Waals surface area contributed by atoms with Gasteiger partial charge in [-0.25, -0.2) is 9.38 Å². The first-order valence-corrected chi connectivity index (χ1v) is 9.16. The van der Waals surface area contributed by atoms with Gasteiger partial charge >= 0.3 is 0 Å². The summed E-state index contributed by atoms with van der Waals surface area (Å²) < 4.78 is 20.3. The van der Waals surface area contributed by atoms with Gasteiger partial charge in [0.05, 0.1) is 12.5 Å². The highest BCUT2D eigenvalue weighted by atomic mass is 19.1. The lowest BCUT2D eigenvalue weighted by Crippen LogP contribution is -2.58. The summed E-state index contributed by atoms with van der Waals surface area (Å²) >= 11 is 0. The lowest BCUT2D eigenvalue weighted by Gasteiger charge is -2.46. The first-order valence-electron chi connectivity index (χ1n) is 9.16. The lowest BCUT2D eigenvalue weighted by atomic mass is 9.67. The molecule has 6 heteroatoms. The number of amides is 1. The first kappa shape index (κ1) is 19.9. The number of nitrogens with two attached hydrogens (primary N) is 1. The molecule has 3 rings (SSSR count). The highest BCUT2D eigenvalue weighted by molar-refractivity contribution is 6.01. The fourth-order valence-electron chi connectivity index (χ4n) is 3.70. The predicted molar refractivity (Wildman–Crippen MR) is 108 cm³/mol. The van der Waals surface area contributed by atoms with E-state index in [1.807, 2.05) is 24.3 Å². The molecule has 0 aliphatic carbocycles. The maximum Gasteiger partial charge on any atom is 0.237 e. The number of guanidine groups is 1. The van der Waals surface area contributed by atoms with Gasteiger partial charge in [-0.2, -0.15) is 0 Å². The van der Waals surface area contributed by atoms with Crippen molar-refractivity contribution in [3.05, 3.63) is 65.0 Å². The Balaban J connectivity index is 2.10. The van der Waals surface area contributed by atoms with E-state index in [1.165, 1.54) is 11.0 Å². The standard InChI is InChI=1S/C22H26FN3O2/c1-21(2)19(27)26(4)20(24)25-22(21,3)16-13-14(10-11-17(16)23)12-15-8-6-7-9-18(15)28-5/h6-11,13H,12H2,1-5H3,(H2,24,25)/t22-/m1/s1. The largest absolute Gasteiger partial charge is 0.496 e. The molecule has 1 heterocycles. The number of halogens is 1. The van der Waals surface area contributed by atoms with Crippen LogP contribution < -0.4 is 10.5 Å². The highest BCUT2D eigenvalue weighted by Gasteiger charge is 2.53. The zero-order valence-electron chi connectivity index (χ0n) is 16.9. The van der Waals surface area contributed by atoms with Crippen molar-refractivity contribution in [2.45, 2.75) is 32.7 Å². The molecule has 1 atom stereocenters. The number of hydrogen-bond donors (Lipinski definition) is 1. The van der Waals surface area contributed by atoms with Crippen molar-refractivity contribution in [3.8, 4) is 5.75 Å². The van der Waals surface area contributed by atoms with Gasteiger partial charge in [-0.1, -0.05) is 30.3 Å². The molecular weight excluding hydrogens is 357 g/mol. The van der Waals surface area contributed by atoms with Crippen LogP contribution in [-0.4, -0.2) is 30.9 Å². The third-order valence-electron chi connectivity index (χ3n) is 5.88. The molecule has 0 aromatic heterocycles. The minimum atomic E-state index is -1.12. The molecule has 0 saturated heterocycles. The van der Waals surface area contributed by atoms with Gasteiger partial charge in [0.15, 0.2) is 5.96 Å². The van der Waals surface area contributed by atoms with E-state index in [4.69, 9.17) is 10.5 Å². The van der Waals surface area contributed by atoms with Crippen LogP contribution >= 0.6 is 0 Å². The van der Waals surface area contributed by atoms with Crippen LogP contribution in [0.15, 0.2) is 47.5 Å². The average molecular weight is 383 g/mol. The van der Waals surface area contributed by atoms with E-state index in [9.17, 15) is 9.18 Å². The van der Waals surface area contributed by atoms with E-state index in [1.54, 1.807) is 47.1 Å². The minimum Gasteiger partial charge on any atom is -0.496 e. The van der Waals surface area contributed by atoms with E-state index in [0.717, 1.165) is 16.9 Å². The van der Waals surface area contributed by atoms with E-state index in [-0.39, 0.29) is 11.9 Å². The smallest absolute Gasteiger partial charge is 0.237 e. The molecule has 0 radical (unpaired) electrons. The topological polar surface area (TPSA) is 67.9 Å². The van der Waals surface area contributed by atoms with Gasteiger partial charge in [0, 0.05) is 19.0 Å². The Labute approximate surface area is 165 Å². The molecule has 1 aliphatic rings. The van der Waals surface area contributed by atoms with Crippen molar-refractivity contribution < 1.29 is 13.9 Å². The third-order valence-corrected chi connectivity index (χ3v) is 5.88. The summed E-state index contributed by atoms with van der Waals surface area (Å²) in [7, 11) is 3.21. The van der Waals surface area contributed by atoms with Gasteiger partial charge in [-0.05, 0) is 44.0 Å². The highest BCUT2D eigenvalue weighted by Crippen LogP contribution is 2.47. The molecule has 1 aliphatic heterocycles. The molecule has 0 fully saturated rings. The van der Waals surface area contributed by atoms with Gasteiger partial charge in [0.2, 0.25) is 5.91 Å². The fraction of sp³-hybridized carbons (Fsp3) is 0.364. The van der Waals surface area contributed by atoms with E-state index >= 15 is 0 Å². The Kier molecular flexibility index (Phi) is 4.91. The molecule has 2 aromatic rings. The summed E-state index contributed by atoms with van der Waals surface area (Å²) in [5.74, 6) is 0.253. The van der Waals surface area contributed by atoms with Crippen molar-refractivity contribution >= 4 is 11.9 Å². The second-order valence-corrected chi connectivity index (χ2v) is 7.83. The molecule has 0 bridgehead atoms. The molecular formula is C22H26FN3O2. The molecule has 1 amide bonds. The van der Waals surface area contributed by atoms with Crippen molar-refractivity contribution in [2.24, 2.45) is 16.1 Å². The number of carbonyl (C=O) groups excluding carboxylic acids is 1. The molecule has 5 nitrogen and oxygen atoms in total. The first-order chi connectivity index (χ1) is 13.1. The Bertz CT molecular complexity index is 955. The number of carbonyl (C=O) groups is 1. The molecule has 2 aromatic carbocycles. The van der Waals surface area contributed by atoms with Gasteiger partial charge in [0.25, 0.3) is 0 Å². The number of para-hydroxylation sites is 1. The predicted octanol–water partition coefficient (Wildman–Crippen LogP) is 3.45. The second-order valence-electron chi connectivity index (χ2n) is 7.83. The number of ether oxygens (including phenoxy) is 1. The summed E-state index contributed by atoms with van der Waals surface area (Å²) in [5, 5.41) is 0. The van der Waals surface area contributed by atoms with Crippen LogP contribution in [0.4, 0.5) is 4.39 Å². The van der Waals surface area contributed by atoms with Crippen LogP contribution in [0, 0.1) is 11.2 Å². The Morgan fingerprint density at radius 3 is 2.54 bits per heavy atom. The van der Waals surface area contributed by atoms with E-state index < -0.39 is 16.8 Å². The monoisotopic (exact) mass is 383 g/mol. The van der Waals surface area contributed by atoms with Crippen LogP contribution in [0.5, 0.6) is 5.75 Å². The summed E-state index contributed by atoms with van der Waals surface area (Å²) in [6.07, 6.45) is 0.570. The molecule has 0 spiro atoms. The fourth-order valence-corrected chi connectivity index (χ4v) is 3.70.